The number of nitrogens with one attached hydrogen (secondary N) is 3. The molecule has 0 aliphatic carbocycles. The second-order valence-electron chi connectivity index (χ2n) is 5.86. The number of rotatable bonds is 6. The summed E-state index contributed by atoms with van der Waals surface area (Å²) < 4.78 is 12.8. The van der Waals surface area contributed by atoms with Crippen molar-refractivity contribution in [1.82, 2.24) is 20.6 Å². The van der Waals surface area contributed by atoms with E-state index in [1.807, 2.05) is 18.2 Å². The van der Waals surface area contributed by atoms with Crippen LogP contribution in [-0.2, 0) is 0 Å². The van der Waals surface area contributed by atoms with Crippen LogP contribution in [0.4, 0.5) is 4.39 Å². The lowest BCUT2D eigenvalue weighted by Crippen LogP contribution is -2.36. The smallest absolute Gasteiger partial charge is 0.264 e. The standard InChI is InChI=1S/C20H17FN4O3/c21-15-8-6-14(7-9-15)18(26)22-10-11-23-19(27)16-12-24-17(25-20(16)28)13-4-2-1-3-5-13/h1-9,12H,10-11H2,(H,22,26)(H,23,27)(H,24,25,28). The van der Waals surface area contributed by atoms with Gasteiger partial charge in [-0.2, -0.15) is 0 Å². The second kappa shape index (κ2) is 8.72. The summed E-state index contributed by atoms with van der Waals surface area (Å²) in [6.07, 6.45) is 1.22. The molecular weight excluding hydrogens is 363 g/mol. The summed E-state index contributed by atoms with van der Waals surface area (Å²) in [6.45, 7) is 0.265. The molecule has 0 radical (unpaired) electrons. The van der Waals surface area contributed by atoms with E-state index < -0.39 is 17.3 Å². The number of H-pyrrole nitrogens is 1. The summed E-state index contributed by atoms with van der Waals surface area (Å²) in [5.74, 6) is -1.04. The molecule has 0 unspecified atom stereocenters. The largest absolute Gasteiger partial charge is 0.350 e. The minimum Gasteiger partial charge on any atom is -0.350 e. The lowest BCUT2D eigenvalue weighted by atomic mass is 10.2. The van der Waals surface area contributed by atoms with Crippen molar-refractivity contribution in [3.8, 4) is 11.4 Å². The molecular formula is C20H17FN4O3. The van der Waals surface area contributed by atoms with E-state index in [2.05, 4.69) is 20.6 Å². The molecule has 0 saturated heterocycles. The fourth-order valence-corrected chi connectivity index (χ4v) is 2.45. The van der Waals surface area contributed by atoms with Gasteiger partial charge in [-0.3, -0.25) is 14.4 Å². The number of hydrogen-bond donors (Lipinski definition) is 3. The number of benzene rings is 2. The van der Waals surface area contributed by atoms with Gasteiger partial charge >= 0.3 is 0 Å². The van der Waals surface area contributed by atoms with E-state index in [-0.39, 0.29) is 24.6 Å². The van der Waals surface area contributed by atoms with Gasteiger partial charge in [-0.25, -0.2) is 9.37 Å². The molecule has 28 heavy (non-hydrogen) atoms. The zero-order chi connectivity index (χ0) is 19.9. The minimum absolute atomic E-state index is 0.117. The Hall–Kier alpha value is -3.81. The highest BCUT2D eigenvalue weighted by atomic mass is 19.1. The first kappa shape index (κ1) is 19.0. The summed E-state index contributed by atoms with van der Waals surface area (Å²) >= 11 is 0. The van der Waals surface area contributed by atoms with Gasteiger partial charge in [0.15, 0.2) is 0 Å². The fourth-order valence-electron chi connectivity index (χ4n) is 2.45. The molecule has 0 spiro atoms. The van der Waals surface area contributed by atoms with Gasteiger partial charge in [0.05, 0.1) is 0 Å². The van der Waals surface area contributed by atoms with Crippen LogP contribution >= 0.6 is 0 Å². The van der Waals surface area contributed by atoms with Crippen LogP contribution in [0.2, 0.25) is 0 Å². The number of hydrogen-bond acceptors (Lipinski definition) is 4. The van der Waals surface area contributed by atoms with Crippen LogP contribution in [0, 0.1) is 5.82 Å². The van der Waals surface area contributed by atoms with E-state index in [4.69, 9.17) is 0 Å². The molecule has 1 heterocycles. The topological polar surface area (TPSA) is 104 Å². The number of amides is 2. The van der Waals surface area contributed by atoms with Crippen molar-refractivity contribution in [2.24, 2.45) is 0 Å². The van der Waals surface area contributed by atoms with Gasteiger partial charge in [0.1, 0.15) is 17.2 Å². The highest BCUT2D eigenvalue weighted by molar-refractivity contribution is 5.95. The van der Waals surface area contributed by atoms with Crippen LogP contribution < -0.4 is 16.2 Å². The molecule has 3 N–H and O–H groups in total. The van der Waals surface area contributed by atoms with Gasteiger partial charge in [-0.1, -0.05) is 30.3 Å². The van der Waals surface area contributed by atoms with E-state index in [1.165, 1.54) is 30.5 Å². The first-order chi connectivity index (χ1) is 13.5. The Labute approximate surface area is 159 Å². The van der Waals surface area contributed by atoms with Crippen molar-refractivity contribution in [2.45, 2.75) is 0 Å². The van der Waals surface area contributed by atoms with E-state index in [9.17, 15) is 18.8 Å². The van der Waals surface area contributed by atoms with Crippen LogP contribution in [0.3, 0.4) is 0 Å². The molecule has 0 atom stereocenters. The second-order valence-corrected chi connectivity index (χ2v) is 5.86. The van der Waals surface area contributed by atoms with Gasteiger partial charge in [-0.05, 0) is 24.3 Å². The molecule has 0 saturated carbocycles. The molecule has 0 aliphatic heterocycles. The molecule has 2 aromatic carbocycles. The Balaban J connectivity index is 1.53. The van der Waals surface area contributed by atoms with Crippen LogP contribution in [0.1, 0.15) is 20.7 Å². The lowest BCUT2D eigenvalue weighted by Gasteiger charge is -2.07. The Morgan fingerprint density at radius 1 is 0.929 bits per heavy atom. The van der Waals surface area contributed by atoms with Crippen LogP contribution in [0.5, 0.6) is 0 Å². The predicted molar refractivity (Wildman–Crippen MR) is 101 cm³/mol. The zero-order valence-electron chi connectivity index (χ0n) is 14.7. The molecule has 7 nitrogen and oxygen atoms in total. The number of nitrogens with zero attached hydrogens (tertiary/aromatic N) is 1. The van der Waals surface area contributed by atoms with Crippen molar-refractivity contribution >= 4 is 11.8 Å². The zero-order valence-corrected chi connectivity index (χ0v) is 14.7. The van der Waals surface area contributed by atoms with E-state index >= 15 is 0 Å². The molecule has 0 fully saturated rings. The summed E-state index contributed by atoms with van der Waals surface area (Å²) in [5, 5.41) is 5.13. The van der Waals surface area contributed by atoms with Crippen molar-refractivity contribution in [2.75, 3.05) is 13.1 Å². The third-order valence-corrected chi connectivity index (χ3v) is 3.89. The van der Waals surface area contributed by atoms with E-state index in [0.29, 0.717) is 11.4 Å². The first-order valence-corrected chi connectivity index (χ1v) is 8.51. The monoisotopic (exact) mass is 380 g/mol. The minimum atomic E-state index is -0.593. The van der Waals surface area contributed by atoms with Crippen molar-refractivity contribution in [1.29, 1.82) is 0 Å². The number of aromatic amines is 1. The van der Waals surface area contributed by atoms with Gasteiger partial charge in [0, 0.05) is 30.4 Å². The maximum atomic E-state index is 12.8. The lowest BCUT2D eigenvalue weighted by molar-refractivity contribution is 0.0926. The highest BCUT2D eigenvalue weighted by Gasteiger charge is 2.12. The van der Waals surface area contributed by atoms with Crippen LogP contribution in [0.25, 0.3) is 11.4 Å². The molecule has 1 aromatic heterocycles. The van der Waals surface area contributed by atoms with Gasteiger partial charge in [-0.15, -0.1) is 0 Å². The van der Waals surface area contributed by atoms with Crippen LogP contribution in [-0.4, -0.2) is 34.9 Å². The Bertz CT molecular complexity index is 1030. The fraction of sp³-hybridized carbons (Fsp3) is 0.100. The summed E-state index contributed by atoms with van der Waals surface area (Å²) in [7, 11) is 0. The summed E-state index contributed by atoms with van der Waals surface area (Å²) in [4.78, 5) is 42.9. The quantitative estimate of drug-likeness (QED) is 0.567. The summed E-state index contributed by atoms with van der Waals surface area (Å²) in [5.41, 5.74) is 0.367. The SMILES string of the molecule is O=C(NCCNC(=O)c1cnc(-c2ccccc2)[nH]c1=O)c1ccc(F)cc1. The van der Waals surface area contributed by atoms with Gasteiger partial charge in [0.2, 0.25) is 0 Å². The number of carbonyl (C=O) groups is 2. The molecule has 0 bridgehead atoms. The Morgan fingerprint density at radius 2 is 1.57 bits per heavy atom. The number of carbonyl (C=O) groups excluding carboxylic acids is 2. The van der Waals surface area contributed by atoms with Gasteiger partial charge in [0.25, 0.3) is 17.4 Å². The average Bonchev–Trinajstić information content (AvgIpc) is 2.72. The Morgan fingerprint density at radius 3 is 2.21 bits per heavy atom. The van der Waals surface area contributed by atoms with Crippen LogP contribution in [0.15, 0.2) is 65.6 Å². The molecule has 3 rings (SSSR count). The molecule has 0 aliphatic rings. The molecule has 142 valence electrons. The number of halogens is 1. The van der Waals surface area contributed by atoms with Crippen molar-refractivity contribution < 1.29 is 14.0 Å². The normalized spacial score (nSPS) is 10.3. The summed E-state index contributed by atoms with van der Waals surface area (Å²) in [6, 6.07) is 14.2. The highest BCUT2D eigenvalue weighted by Crippen LogP contribution is 2.11. The maximum Gasteiger partial charge on any atom is 0.264 e. The third-order valence-electron chi connectivity index (χ3n) is 3.89. The average molecular weight is 380 g/mol. The van der Waals surface area contributed by atoms with Gasteiger partial charge < -0.3 is 15.6 Å². The van der Waals surface area contributed by atoms with E-state index in [1.54, 1.807) is 12.1 Å². The first-order valence-electron chi connectivity index (χ1n) is 8.51. The molecule has 3 aromatic rings. The third kappa shape index (κ3) is 4.67. The maximum absolute atomic E-state index is 12.8. The van der Waals surface area contributed by atoms with Crippen molar-refractivity contribution in [3.05, 3.63) is 88.1 Å². The van der Waals surface area contributed by atoms with Crippen molar-refractivity contribution in [3.63, 3.8) is 0 Å². The predicted octanol–water partition coefficient (Wildman–Crippen LogP) is 1.74. The van der Waals surface area contributed by atoms with E-state index in [0.717, 1.165) is 5.56 Å². The number of aromatic nitrogens is 2. The molecule has 8 heteroatoms. The molecule has 2 amide bonds. The Kier molecular flexibility index (Phi) is 5.91.